The van der Waals surface area contributed by atoms with Crippen LogP contribution in [0.1, 0.15) is 44.6 Å². The van der Waals surface area contributed by atoms with Crippen LogP contribution in [0.3, 0.4) is 0 Å². The van der Waals surface area contributed by atoms with Gasteiger partial charge in [-0.25, -0.2) is 0 Å². The predicted molar refractivity (Wildman–Crippen MR) is 84.0 cm³/mol. The normalized spacial score (nSPS) is 18.8. The van der Waals surface area contributed by atoms with Gasteiger partial charge in [-0.15, -0.1) is 0 Å². The zero-order valence-corrected chi connectivity index (χ0v) is 12.2. The number of hydrogen-bond acceptors (Lipinski definition) is 2. The summed E-state index contributed by atoms with van der Waals surface area (Å²) in [4.78, 5) is 4.29. The first-order valence-electron chi connectivity index (χ1n) is 7.49. The molecule has 4 nitrogen and oxygen atoms in total. The summed E-state index contributed by atoms with van der Waals surface area (Å²) >= 11 is 0. The number of guanidine groups is 1. The number of anilines is 1. The number of nitrogens with two attached hydrogens (primary N) is 1. The lowest BCUT2D eigenvalue weighted by molar-refractivity contribution is 0.0132. The minimum absolute atomic E-state index is 0.369. The van der Waals surface area contributed by atoms with Crippen LogP contribution in [0.25, 0.3) is 0 Å². The lowest BCUT2D eigenvalue weighted by Crippen LogP contribution is -2.36. The van der Waals surface area contributed by atoms with Crippen LogP contribution >= 0.6 is 0 Å². The molecule has 110 valence electrons. The molecule has 0 spiro atoms. The Morgan fingerprint density at radius 3 is 2.50 bits per heavy atom. The first-order chi connectivity index (χ1) is 9.61. The van der Waals surface area contributed by atoms with Crippen molar-refractivity contribution in [1.29, 1.82) is 0 Å². The maximum absolute atomic E-state index is 10.4. The number of rotatable bonds is 4. The van der Waals surface area contributed by atoms with Crippen molar-refractivity contribution < 1.29 is 5.11 Å². The minimum Gasteiger partial charge on any atom is -0.388 e. The molecule has 0 unspecified atom stereocenters. The Morgan fingerprint density at radius 1 is 1.25 bits per heavy atom. The van der Waals surface area contributed by atoms with Crippen molar-refractivity contribution in [3.8, 4) is 0 Å². The van der Waals surface area contributed by atoms with E-state index in [0.717, 1.165) is 37.8 Å². The molecule has 1 aromatic rings. The molecule has 0 aliphatic heterocycles. The third kappa shape index (κ3) is 4.23. The zero-order valence-electron chi connectivity index (χ0n) is 12.2. The molecule has 0 amide bonds. The van der Waals surface area contributed by atoms with Crippen molar-refractivity contribution in [1.82, 2.24) is 0 Å². The summed E-state index contributed by atoms with van der Waals surface area (Å²) in [6, 6.07) is 8.14. The van der Waals surface area contributed by atoms with Gasteiger partial charge in [-0.1, -0.05) is 38.3 Å². The molecule has 0 atom stereocenters. The lowest BCUT2D eigenvalue weighted by atomic mass is 9.85. The highest BCUT2D eigenvalue weighted by molar-refractivity contribution is 5.92. The Morgan fingerprint density at radius 2 is 1.90 bits per heavy atom. The van der Waals surface area contributed by atoms with Crippen molar-refractivity contribution in [2.75, 3.05) is 11.9 Å². The molecular formula is C16H25N3O. The summed E-state index contributed by atoms with van der Waals surface area (Å²) in [5, 5.41) is 13.4. The molecular weight excluding hydrogens is 250 g/mol. The highest BCUT2D eigenvalue weighted by Gasteiger charge is 2.28. The molecule has 1 aliphatic rings. The van der Waals surface area contributed by atoms with E-state index in [0.29, 0.717) is 12.5 Å². The van der Waals surface area contributed by atoms with Gasteiger partial charge >= 0.3 is 0 Å². The highest BCUT2D eigenvalue weighted by atomic mass is 16.3. The molecule has 1 aliphatic carbocycles. The number of nitrogens with one attached hydrogen (secondary N) is 1. The van der Waals surface area contributed by atoms with Gasteiger partial charge in [0.05, 0.1) is 12.1 Å². The van der Waals surface area contributed by atoms with Gasteiger partial charge in [0.2, 0.25) is 0 Å². The van der Waals surface area contributed by atoms with E-state index >= 15 is 0 Å². The summed E-state index contributed by atoms with van der Waals surface area (Å²) < 4.78 is 0. The van der Waals surface area contributed by atoms with E-state index in [4.69, 9.17) is 5.73 Å². The van der Waals surface area contributed by atoms with E-state index in [1.807, 2.05) is 12.1 Å². The average molecular weight is 275 g/mol. The van der Waals surface area contributed by atoms with Gasteiger partial charge in [0, 0.05) is 5.69 Å². The first-order valence-corrected chi connectivity index (χ1v) is 7.49. The summed E-state index contributed by atoms with van der Waals surface area (Å²) in [7, 11) is 0. The van der Waals surface area contributed by atoms with Crippen molar-refractivity contribution in [2.45, 2.75) is 51.0 Å². The van der Waals surface area contributed by atoms with E-state index in [-0.39, 0.29) is 0 Å². The maximum Gasteiger partial charge on any atom is 0.193 e. The fourth-order valence-electron chi connectivity index (χ4n) is 2.61. The second kappa shape index (κ2) is 6.75. The Hall–Kier alpha value is -1.55. The van der Waals surface area contributed by atoms with E-state index < -0.39 is 5.60 Å². The van der Waals surface area contributed by atoms with Gasteiger partial charge in [-0.3, -0.25) is 4.99 Å². The third-order valence-corrected chi connectivity index (χ3v) is 3.96. The van der Waals surface area contributed by atoms with Crippen molar-refractivity contribution in [2.24, 2.45) is 10.7 Å². The van der Waals surface area contributed by atoms with Crippen LogP contribution in [0.4, 0.5) is 5.69 Å². The third-order valence-electron chi connectivity index (χ3n) is 3.96. The van der Waals surface area contributed by atoms with Gasteiger partial charge in [-0.2, -0.15) is 0 Å². The zero-order chi connectivity index (χ0) is 14.4. The molecule has 2 rings (SSSR count). The summed E-state index contributed by atoms with van der Waals surface area (Å²) in [6.45, 7) is 2.52. The van der Waals surface area contributed by atoms with Crippen LogP contribution in [0.5, 0.6) is 0 Å². The van der Waals surface area contributed by atoms with Crippen LogP contribution in [0, 0.1) is 0 Å². The van der Waals surface area contributed by atoms with E-state index in [1.165, 1.54) is 12.0 Å². The Bertz CT molecular complexity index is 447. The SMILES string of the molecule is CCc1ccc(NC(N)=NCC2(O)CCCCC2)cc1. The van der Waals surface area contributed by atoms with E-state index in [1.54, 1.807) is 0 Å². The number of aliphatic imine (C=N–C) groups is 1. The Kier molecular flexibility index (Phi) is 5.01. The smallest absolute Gasteiger partial charge is 0.193 e. The number of aryl methyl sites for hydroxylation is 1. The van der Waals surface area contributed by atoms with Gasteiger partial charge in [0.25, 0.3) is 0 Å². The van der Waals surface area contributed by atoms with Crippen LogP contribution in [0.15, 0.2) is 29.3 Å². The molecule has 1 saturated carbocycles. The quantitative estimate of drug-likeness (QED) is 0.584. The van der Waals surface area contributed by atoms with Crippen LogP contribution in [-0.2, 0) is 6.42 Å². The predicted octanol–water partition coefficient (Wildman–Crippen LogP) is 2.67. The van der Waals surface area contributed by atoms with Crippen molar-refractivity contribution >= 4 is 11.6 Å². The molecule has 1 fully saturated rings. The monoisotopic (exact) mass is 275 g/mol. The molecule has 1 aromatic carbocycles. The Labute approximate surface area is 121 Å². The average Bonchev–Trinajstić information content (AvgIpc) is 2.47. The Balaban J connectivity index is 1.89. The van der Waals surface area contributed by atoms with Crippen molar-refractivity contribution in [3.63, 3.8) is 0 Å². The number of benzene rings is 1. The highest BCUT2D eigenvalue weighted by Crippen LogP contribution is 2.28. The molecule has 0 heterocycles. The molecule has 4 heteroatoms. The summed E-state index contributed by atoms with van der Waals surface area (Å²) in [5.74, 6) is 0.369. The fourth-order valence-corrected chi connectivity index (χ4v) is 2.61. The number of nitrogens with zero attached hydrogens (tertiary/aromatic N) is 1. The minimum atomic E-state index is -0.656. The fraction of sp³-hybridized carbons (Fsp3) is 0.562. The van der Waals surface area contributed by atoms with Gasteiger partial charge in [-0.05, 0) is 37.0 Å². The lowest BCUT2D eigenvalue weighted by Gasteiger charge is -2.30. The largest absolute Gasteiger partial charge is 0.388 e. The van der Waals surface area contributed by atoms with Crippen LogP contribution in [0.2, 0.25) is 0 Å². The van der Waals surface area contributed by atoms with Crippen LogP contribution in [-0.4, -0.2) is 23.2 Å². The molecule has 0 radical (unpaired) electrons. The molecule has 0 bridgehead atoms. The van der Waals surface area contributed by atoms with Crippen LogP contribution < -0.4 is 11.1 Å². The van der Waals surface area contributed by atoms with Gasteiger partial charge < -0.3 is 16.2 Å². The van der Waals surface area contributed by atoms with Crippen molar-refractivity contribution in [3.05, 3.63) is 29.8 Å². The summed E-state index contributed by atoms with van der Waals surface area (Å²) in [6.07, 6.45) is 6.06. The summed E-state index contributed by atoms with van der Waals surface area (Å²) in [5.41, 5.74) is 7.45. The second-order valence-corrected chi connectivity index (χ2v) is 5.66. The molecule has 0 aromatic heterocycles. The first kappa shape index (κ1) is 14.9. The standard InChI is InChI=1S/C16H25N3O/c1-2-13-6-8-14(9-7-13)19-15(17)18-12-16(20)10-4-3-5-11-16/h6-9,20H,2-5,10-12H2,1H3,(H3,17,18,19). The molecule has 4 N–H and O–H groups in total. The van der Waals surface area contributed by atoms with Gasteiger partial charge in [0.1, 0.15) is 0 Å². The van der Waals surface area contributed by atoms with E-state index in [9.17, 15) is 5.11 Å². The second-order valence-electron chi connectivity index (χ2n) is 5.66. The number of aliphatic hydroxyl groups is 1. The molecule has 20 heavy (non-hydrogen) atoms. The maximum atomic E-state index is 10.4. The topological polar surface area (TPSA) is 70.6 Å². The van der Waals surface area contributed by atoms with Gasteiger partial charge in [0.15, 0.2) is 5.96 Å². The van der Waals surface area contributed by atoms with E-state index in [2.05, 4.69) is 29.4 Å². The molecule has 0 saturated heterocycles. The number of hydrogen-bond donors (Lipinski definition) is 3.